The highest BCUT2D eigenvalue weighted by Crippen LogP contribution is 2.31. The molecule has 1 saturated heterocycles. The maximum atomic E-state index is 12.9. The Morgan fingerprint density at radius 2 is 1.50 bits per heavy atom. The molecule has 0 unspecified atom stereocenters. The van der Waals surface area contributed by atoms with E-state index in [2.05, 4.69) is 5.32 Å². The molecule has 2 amide bonds. The van der Waals surface area contributed by atoms with Crippen LogP contribution < -0.4 is 5.32 Å². The zero-order chi connectivity index (χ0) is 16.9. The second-order valence-corrected chi connectivity index (χ2v) is 6.93. The number of likely N-dealkylation sites (tertiary alicyclic amines) is 1. The van der Waals surface area contributed by atoms with E-state index in [0.29, 0.717) is 5.69 Å². The van der Waals surface area contributed by atoms with Gasteiger partial charge < -0.3 is 10.2 Å². The summed E-state index contributed by atoms with van der Waals surface area (Å²) in [7, 11) is 0. The summed E-state index contributed by atoms with van der Waals surface area (Å²) in [6.07, 6.45) is 6.52. The largest absolute Gasteiger partial charge is 0.342 e. The lowest BCUT2D eigenvalue weighted by molar-refractivity contribution is -0.138. The van der Waals surface area contributed by atoms with Gasteiger partial charge in [0.25, 0.3) is 0 Å². The molecule has 2 fully saturated rings. The molecule has 0 radical (unpaired) electrons. The first-order chi connectivity index (χ1) is 11.6. The molecule has 2 aliphatic rings. The molecule has 1 aliphatic carbocycles. The van der Waals surface area contributed by atoms with Crippen molar-refractivity contribution < 1.29 is 14.0 Å². The first-order valence-electron chi connectivity index (χ1n) is 8.99. The summed E-state index contributed by atoms with van der Waals surface area (Å²) in [6, 6.07) is 5.81. The van der Waals surface area contributed by atoms with Crippen LogP contribution in [0.1, 0.15) is 44.9 Å². The van der Waals surface area contributed by atoms with Crippen molar-refractivity contribution in [2.45, 2.75) is 44.9 Å². The number of halogens is 1. The smallest absolute Gasteiger partial charge is 0.227 e. The summed E-state index contributed by atoms with van der Waals surface area (Å²) in [4.78, 5) is 26.9. The predicted molar refractivity (Wildman–Crippen MR) is 90.9 cm³/mol. The SMILES string of the molecule is O=C(Nc1ccc(F)cc1)C1CCC(C(=O)N2CCCCC2)CC1. The maximum absolute atomic E-state index is 12.9. The maximum Gasteiger partial charge on any atom is 0.227 e. The molecule has 1 heterocycles. The number of nitrogens with one attached hydrogen (secondary N) is 1. The number of hydrogen-bond acceptors (Lipinski definition) is 2. The molecule has 1 aromatic carbocycles. The summed E-state index contributed by atoms with van der Waals surface area (Å²) in [5, 5.41) is 2.85. The highest BCUT2D eigenvalue weighted by molar-refractivity contribution is 5.92. The van der Waals surface area contributed by atoms with Gasteiger partial charge >= 0.3 is 0 Å². The van der Waals surface area contributed by atoms with Crippen LogP contribution in [0, 0.1) is 17.7 Å². The Balaban J connectivity index is 1.48. The molecule has 1 saturated carbocycles. The van der Waals surface area contributed by atoms with Crippen LogP contribution in [0.4, 0.5) is 10.1 Å². The molecule has 0 aromatic heterocycles. The van der Waals surface area contributed by atoms with Crippen LogP contribution in [0.5, 0.6) is 0 Å². The molecular formula is C19H25FN2O2. The van der Waals surface area contributed by atoms with E-state index in [1.807, 2.05) is 4.90 Å². The minimum Gasteiger partial charge on any atom is -0.342 e. The Labute approximate surface area is 142 Å². The number of anilines is 1. The molecule has 24 heavy (non-hydrogen) atoms. The highest BCUT2D eigenvalue weighted by atomic mass is 19.1. The number of amides is 2. The monoisotopic (exact) mass is 332 g/mol. The molecule has 1 N–H and O–H groups in total. The Kier molecular flexibility index (Phi) is 5.48. The lowest BCUT2D eigenvalue weighted by Crippen LogP contribution is -2.41. The molecule has 1 aliphatic heterocycles. The molecule has 3 rings (SSSR count). The first-order valence-corrected chi connectivity index (χ1v) is 8.99. The van der Waals surface area contributed by atoms with E-state index in [-0.39, 0.29) is 29.5 Å². The van der Waals surface area contributed by atoms with Crippen molar-refractivity contribution in [2.75, 3.05) is 18.4 Å². The zero-order valence-electron chi connectivity index (χ0n) is 14.0. The highest BCUT2D eigenvalue weighted by Gasteiger charge is 2.32. The molecule has 5 heteroatoms. The number of benzene rings is 1. The van der Waals surface area contributed by atoms with Gasteiger partial charge in [-0.1, -0.05) is 0 Å². The van der Waals surface area contributed by atoms with Crippen molar-refractivity contribution >= 4 is 17.5 Å². The Morgan fingerprint density at radius 3 is 2.12 bits per heavy atom. The molecule has 1 aromatic rings. The lowest BCUT2D eigenvalue weighted by Gasteiger charge is -2.33. The van der Waals surface area contributed by atoms with E-state index in [9.17, 15) is 14.0 Å². The van der Waals surface area contributed by atoms with E-state index in [0.717, 1.165) is 51.6 Å². The molecule has 4 nitrogen and oxygen atoms in total. The number of rotatable bonds is 3. The second-order valence-electron chi connectivity index (χ2n) is 6.93. The average molecular weight is 332 g/mol. The van der Waals surface area contributed by atoms with Crippen LogP contribution in [0.25, 0.3) is 0 Å². The normalized spacial score (nSPS) is 24.5. The Bertz CT molecular complexity index is 574. The van der Waals surface area contributed by atoms with Gasteiger partial charge in [-0.3, -0.25) is 9.59 Å². The fraction of sp³-hybridized carbons (Fsp3) is 0.579. The number of carbonyl (C=O) groups excluding carboxylic acids is 2. The van der Waals surface area contributed by atoms with Crippen molar-refractivity contribution in [1.29, 1.82) is 0 Å². The van der Waals surface area contributed by atoms with Gasteiger partial charge in [-0.2, -0.15) is 0 Å². The zero-order valence-corrected chi connectivity index (χ0v) is 14.0. The van der Waals surface area contributed by atoms with Crippen molar-refractivity contribution in [3.8, 4) is 0 Å². The van der Waals surface area contributed by atoms with Crippen LogP contribution in [0.15, 0.2) is 24.3 Å². The van der Waals surface area contributed by atoms with Gasteiger partial charge in [0.1, 0.15) is 5.82 Å². The number of nitrogens with zero attached hydrogens (tertiary/aromatic N) is 1. The van der Waals surface area contributed by atoms with E-state index >= 15 is 0 Å². The molecule has 0 atom stereocenters. The van der Waals surface area contributed by atoms with Gasteiger partial charge in [0.2, 0.25) is 11.8 Å². The molecule has 0 spiro atoms. The first kappa shape index (κ1) is 16.9. The van der Waals surface area contributed by atoms with Gasteiger partial charge in [0.05, 0.1) is 0 Å². The average Bonchev–Trinajstić information content (AvgIpc) is 2.64. The van der Waals surface area contributed by atoms with Crippen LogP contribution in [0.3, 0.4) is 0 Å². The fourth-order valence-corrected chi connectivity index (χ4v) is 3.75. The number of carbonyl (C=O) groups is 2. The van der Waals surface area contributed by atoms with Crippen molar-refractivity contribution in [2.24, 2.45) is 11.8 Å². The van der Waals surface area contributed by atoms with Gasteiger partial charge in [-0.05, 0) is 69.2 Å². The lowest BCUT2D eigenvalue weighted by atomic mass is 9.80. The minimum atomic E-state index is -0.315. The summed E-state index contributed by atoms with van der Waals surface area (Å²) in [6.45, 7) is 1.79. The topological polar surface area (TPSA) is 49.4 Å². The third-order valence-electron chi connectivity index (χ3n) is 5.23. The van der Waals surface area contributed by atoms with Crippen molar-refractivity contribution in [3.05, 3.63) is 30.1 Å². The van der Waals surface area contributed by atoms with E-state index in [4.69, 9.17) is 0 Å². The summed E-state index contributed by atoms with van der Waals surface area (Å²) < 4.78 is 12.9. The van der Waals surface area contributed by atoms with Crippen molar-refractivity contribution in [1.82, 2.24) is 4.90 Å². The van der Waals surface area contributed by atoms with E-state index < -0.39 is 0 Å². The van der Waals surface area contributed by atoms with Crippen LogP contribution in [0.2, 0.25) is 0 Å². The van der Waals surface area contributed by atoms with Crippen LogP contribution in [-0.4, -0.2) is 29.8 Å². The van der Waals surface area contributed by atoms with Crippen LogP contribution in [-0.2, 0) is 9.59 Å². The Morgan fingerprint density at radius 1 is 0.917 bits per heavy atom. The van der Waals surface area contributed by atoms with E-state index in [1.54, 1.807) is 12.1 Å². The van der Waals surface area contributed by atoms with E-state index in [1.165, 1.54) is 18.6 Å². The number of piperidine rings is 1. The fourth-order valence-electron chi connectivity index (χ4n) is 3.75. The summed E-state index contributed by atoms with van der Waals surface area (Å²) in [5.74, 6) is -0.0271. The number of hydrogen-bond donors (Lipinski definition) is 1. The minimum absolute atomic E-state index is 0.0227. The molecule has 130 valence electrons. The quantitative estimate of drug-likeness (QED) is 0.920. The predicted octanol–water partition coefficient (Wildman–Crippen LogP) is 3.58. The standard InChI is InChI=1S/C19H25FN2O2/c20-16-8-10-17(11-9-16)21-18(23)14-4-6-15(7-5-14)19(24)22-12-2-1-3-13-22/h8-11,14-15H,1-7,12-13H2,(H,21,23). The van der Waals surface area contributed by atoms with Gasteiger partial charge in [0, 0.05) is 30.6 Å². The third kappa shape index (κ3) is 4.13. The van der Waals surface area contributed by atoms with Gasteiger partial charge in [0.15, 0.2) is 0 Å². The van der Waals surface area contributed by atoms with Gasteiger partial charge in [-0.25, -0.2) is 4.39 Å². The van der Waals surface area contributed by atoms with Gasteiger partial charge in [-0.15, -0.1) is 0 Å². The molecule has 0 bridgehead atoms. The summed E-state index contributed by atoms with van der Waals surface area (Å²) in [5.41, 5.74) is 0.618. The summed E-state index contributed by atoms with van der Waals surface area (Å²) >= 11 is 0. The second kappa shape index (κ2) is 7.77. The third-order valence-corrected chi connectivity index (χ3v) is 5.23. The Hall–Kier alpha value is -1.91. The van der Waals surface area contributed by atoms with Crippen molar-refractivity contribution in [3.63, 3.8) is 0 Å². The van der Waals surface area contributed by atoms with Crippen LogP contribution >= 0.6 is 0 Å². The molecular weight excluding hydrogens is 307 g/mol.